The maximum atomic E-state index is 12.5. The van der Waals surface area contributed by atoms with Gasteiger partial charge in [-0.1, -0.05) is 5.16 Å². The van der Waals surface area contributed by atoms with Crippen LogP contribution in [0.4, 0.5) is 0 Å². The molecule has 2 aromatic heterocycles. The van der Waals surface area contributed by atoms with Crippen LogP contribution in [0.2, 0.25) is 0 Å². The van der Waals surface area contributed by atoms with Gasteiger partial charge >= 0.3 is 0 Å². The molecule has 1 saturated carbocycles. The molecule has 1 amide bonds. The SMILES string of the molecule is O=C(c1ccc2ncsc2c1)N1CC(c2nc(C3CC3)no2)C1. The first kappa shape index (κ1) is 13.2. The number of hydrogen-bond acceptors (Lipinski definition) is 6. The Bertz CT molecular complexity index is 892. The minimum absolute atomic E-state index is 0.0541. The van der Waals surface area contributed by atoms with Gasteiger partial charge in [0.1, 0.15) is 0 Å². The number of nitrogens with zero attached hydrogens (tertiary/aromatic N) is 4. The Balaban J connectivity index is 1.28. The van der Waals surface area contributed by atoms with E-state index >= 15 is 0 Å². The molecule has 3 aromatic rings. The number of amides is 1. The fourth-order valence-corrected chi connectivity index (χ4v) is 3.61. The summed E-state index contributed by atoms with van der Waals surface area (Å²) in [6.45, 7) is 1.29. The second kappa shape index (κ2) is 4.86. The largest absolute Gasteiger partial charge is 0.339 e. The fourth-order valence-electron chi connectivity index (χ4n) is 2.89. The Kier molecular flexibility index (Phi) is 2.78. The number of benzene rings is 1. The second-order valence-corrected chi connectivity index (χ2v) is 7.09. The first-order valence-corrected chi connectivity index (χ1v) is 8.62. The molecule has 0 unspecified atom stereocenters. The van der Waals surface area contributed by atoms with Crippen molar-refractivity contribution in [1.29, 1.82) is 0 Å². The van der Waals surface area contributed by atoms with E-state index in [9.17, 15) is 4.79 Å². The molecule has 1 aliphatic carbocycles. The van der Waals surface area contributed by atoms with Crippen LogP contribution in [-0.2, 0) is 0 Å². The Hall–Kier alpha value is -2.28. The van der Waals surface area contributed by atoms with Gasteiger partial charge in [-0.3, -0.25) is 4.79 Å². The highest BCUT2D eigenvalue weighted by Gasteiger charge is 2.37. The standard InChI is InChI=1S/C16H14N4O2S/c21-16(10-3-4-12-13(5-10)23-8-17-12)20-6-11(7-20)15-18-14(19-22-15)9-1-2-9/h3-5,8-9,11H,1-2,6-7H2. The number of carbonyl (C=O) groups excluding carboxylic acids is 1. The van der Waals surface area contributed by atoms with E-state index in [1.807, 2.05) is 23.1 Å². The number of likely N-dealkylation sites (tertiary alicyclic amines) is 1. The molecule has 0 radical (unpaired) electrons. The fraction of sp³-hybridized carbons (Fsp3) is 0.375. The maximum Gasteiger partial charge on any atom is 0.253 e. The van der Waals surface area contributed by atoms with Gasteiger partial charge in [0, 0.05) is 24.6 Å². The lowest BCUT2D eigenvalue weighted by Crippen LogP contribution is -2.48. The molecular weight excluding hydrogens is 312 g/mol. The van der Waals surface area contributed by atoms with Crippen molar-refractivity contribution in [2.75, 3.05) is 13.1 Å². The summed E-state index contributed by atoms with van der Waals surface area (Å²) in [5.74, 6) is 2.23. The molecule has 1 aromatic carbocycles. The summed E-state index contributed by atoms with van der Waals surface area (Å²) in [4.78, 5) is 23.1. The van der Waals surface area contributed by atoms with E-state index in [2.05, 4.69) is 15.1 Å². The number of carbonyl (C=O) groups is 1. The third-order valence-electron chi connectivity index (χ3n) is 4.50. The molecule has 5 rings (SSSR count). The van der Waals surface area contributed by atoms with Gasteiger partial charge in [0.25, 0.3) is 5.91 Å². The van der Waals surface area contributed by atoms with Gasteiger partial charge in [-0.05, 0) is 31.0 Å². The van der Waals surface area contributed by atoms with Crippen LogP contribution in [-0.4, -0.2) is 39.0 Å². The monoisotopic (exact) mass is 326 g/mol. The van der Waals surface area contributed by atoms with Crippen LogP contribution in [0.5, 0.6) is 0 Å². The quantitative estimate of drug-likeness (QED) is 0.740. The van der Waals surface area contributed by atoms with Crippen molar-refractivity contribution in [1.82, 2.24) is 20.0 Å². The van der Waals surface area contributed by atoms with Gasteiger partial charge in [0.2, 0.25) is 5.89 Å². The van der Waals surface area contributed by atoms with Gasteiger partial charge in [-0.25, -0.2) is 4.98 Å². The Labute approximate surface area is 136 Å². The summed E-state index contributed by atoms with van der Waals surface area (Å²) < 4.78 is 6.39. The summed E-state index contributed by atoms with van der Waals surface area (Å²) in [7, 11) is 0. The van der Waals surface area contributed by atoms with E-state index in [1.54, 1.807) is 16.8 Å². The molecule has 116 valence electrons. The van der Waals surface area contributed by atoms with Crippen LogP contribution in [0, 0.1) is 0 Å². The predicted octanol–water partition coefficient (Wildman–Crippen LogP) is 2.80. The average molecular weight is 326 g/mol. The summed E-state index contributed by atoms with van der Waals surface area (Å²) in [6, 6.07) is 5.66. The van der Waals surface area contributed by atoms with Crippen LogP contribution < -0.4 is 0 Å². The molecule has 7 heteroatoms. The van der Waals surface area contributed by atoms with Crippen LogP contribution in [0.25, 0.3) is 10.2 Å². The highest BCUT2D eigenvalue weighted by molar-refractivity contribution is 7.16. The van der Waals surface area contributed by atoms with E-state index in [-0.39, 0.29) is 11.8 Å². The topological polar surface area (TPSA) is 72.1 Å². The number of hydrogen-bond donors (Lipinski definition) is 0. The summed E-state index contributed by atoms with van der Waals surface area (Å²) >= 11 is 1.55. The smallest absolute Gasteiger partial charge is 0.253 e. The van der Waals surface area contributed by atoms with Gasteiger partial charge in [0.05, 0.1) is 21.6 Å². The molecule has 1 aliphatic heterocycles. The van der Waals surface area contributed by atoms with E-state index in [0.29, 0.717) is 30.5 Å². The zero-order valence-electron chi connectivity index (χ0n) is 12.3. The minimum Gasteiger partial charge on any atom is -0.339 e. The maximum absolute atomic E-state index is 12.5. The van der Waals surface area contributed by atoms with Gasteiger partial charge in [-0.15, -0.1) is 11.3 Å². The number of thiazole rings is 1. The van der Waals surface area contributed by atoms with Crippen molar-refractivity contribution >= 4 is 27.5 Å². The molecule has 6 nitrogen and oxygen atoms in total. The molecule has 0 spiro atoms. The Morgan fingerprint density at radius 2 is 2.13 bits per heavy atom. The highest BCUT2D eigenvalue weighted by Crippen LogP contribution is 2.39. The molecule has 23 heavy (non-hydrogen) atoms. The van der Waals surface area contributed by atoms with Crippen molar-refractivity contribution < 1.29 is 9.32 Å². The summed E-state index contributed by atoms with van der Waals surface area (Å²) in [5.41, 5.74) is 3.45. The lowest BCUT2D eigenvalue weighted by molar-refractivity contribution is 0.0569. The lowest BCUT2D eigenvalue weighted by atomic mass is 9.98. The highest BCUT2D eigenvalue weighted by atomic mass is 32.1. The second-order valence-electron chi connectivity index (χ2n) is 6.21. The van der Waals surface area contributed by atoms with Crippen LogP contribution in [0.3, 0.4) is 0 Å². The number of rotatable bonds is 3. The molecular formula is C16H14N4O2S. The first-order valence-electron chi connectivity index (χ1n) is 7.74. The first-order chi connectivity index (χ1) is 11.3. The average Bonchev–Trinajstić information content (AvgIpc) is 3.08. The Morgan fingerprint density at radius 3 is 2.96 bits per heavy atom. The molecule has 0 atom stereocenters. The molecule has 3 heterocycles. The number of aromatic nitrogens is 3. The van der Waals surface area contributed by atoms with Crippen molar-refractivity contribution in [2.45, 2.75) is 24.7 Å². The summed E-state index contributed by atoms with van der Waals surface area (Å²) in [6.07, 6.45) is 2.32. The molecule has 2 aliphatic rings. The van der Waals surface area contributed by atoms with Crippen LogP contribution in [0.15, 0.2) is 28.2 Å². The molecule has 0 bridgehead atoms. The van der Waals surface area contributed by atoms with E-state index in [0.717, 1.165) is 28.9 Å². The van der Waals surface area contributed by atoms with Crippen molar-refractivity contribution in [3.05, 3.63) is 41.0 Å². The van der Waals surface area contributed by atoms with Crippen molar-refractivity contribution in [3.63, 3.8) is 0 Å². The van der Waals surface area contributed by atoms with Crippen molar-refractivity contribution in [3.8, 4) is 0 Å². The predicted molar refractivity (Wildman–Crippen MR) is 84.5 cm³/mol. The Morgan fingerprint density at radius 1 is 1.26 bits per heavy atom. The van der Waals surface area contributed by atoms with Gasteiger partial charge < -0.3 is 9.42 Å². The molecule has 2 fully saturated rings. The normalized spacial score (nSPS) is 18.3. The molecule has 0 N–H and O–H groups in total. The minimum atomic E-state index is 0.0541. The van der Waals surface area contributed by atoms with E-state index in [1.165, 1.54) is 0 Å². The van der Waals surface area contributed by atoms with E-state index < -0.39 is 0 Å². The zero-order valence-corrected chi connectivity index (χ0v) is 13.1. The lowest BCUT2D eigenvalue weighted by Gasteiger charge is -2.37. The summed E-state index contributed by atoms with van der Waals surface area (Å²) in [5, 5.41) is 4.04. The third-order valence-corrected chi connectivity index (χ3v) is 5.29. The van der Waals surface area contributed by atoms with Crippen LogP contribution >= 0.6 is 11.3 Å². The number of fused-ring (bicyclic) bond motifs is 1. The third kappa shape index (κ3) is 2.23. The van der Waals surface area contributed by atoms with E-state index in [4.69, 9.17) is 4.52 Å². The van der Waals surface area contributed by atoms with Crippen LogP contribution in [0.1, 0.15) is 46.8 Å². The van der Waals surface area contributed by atoms with Gasteiger partial charge in [0.15, 0.2) is 5.82 Å². The zero-order chi connectivity index (χ0) is 15.4. The molecule has 1 saturated heterocycles. The van der Waals surface area contributed by atoms with Gasteiger partial charge in [-0.2, -0.15) is 4.98 Å². The van der Waals surface area contributed by atoms with Crippen molar-refractivity contribution in [2.24, 2.45) is 0 Å².